The molecule has 0 spiro atoms. The van der Waals surface area contributed by atoms with E-state index in [1.165, 1.54) is 77.0 Å². The van der Waals surface area contributed by atoms with Crippen molar-refractivity contribution in [3.05, 3.63) is 72.9 Å². The van der Waals surface area contributed by atoms with Gasteiger partial charge in [0.2, 0.25) is 5.91 Å². The molecule has 8 unspecified atom stereocenters. The van der Waals surface area contributed by atoms with E-state index in [2.05, 4.69) is 74.7 Å². The zero-order chi connectivity index (χ0) is 51.8. The minimum Gasteiger partial charge on any atom is -0.454 e. The number of aliphatic hydroxyl groups excluding tert-OH is 5. The van der Waals surface area contributed by atoms with Crippen molar-refractivity contribution in [1.82, 2.24) is 5.32 Å². The van der Waals surface area contributed by atoms with Gasteiger partial charge in [-0.2, -0.15) is 0 Å². The number of aliphatic hydroxyl groups is 5. The molecule has 1 amide bonds. The van der Waals surface area contributed by atoms with Crippen LogP contribution in [0, 0.1) is 0 Å². The van der Waals surface area contributed by atoms with Crippen LogP contribution < -0.4 is 5.32 Å². The van der Waals surface area contributed by atoms with Gasteiger partial charge < -0.3 is 45.1 Å². The number of amides is 1. The number of unbranched alkanes of at least 4 members (excludes halogenated alkanes) is 26. The van der Waals surface area contributed by atoms with Crippen molar-refractivity contribution in [3.63, 3.8) is 0 Å². The Labute approximate surface area is 432 Å². The molecule has 1 heterocycles. The minimum absolute atomic E-state index is 0.106. The van der Waals surface area contributed by atoms with Crippen molar-refractivity contribution < 1.29 is 49.3 Å². The molecule has 0 aliphatic carbocycles. The highest BCUT2D eigenvalue weighted by Crippen LogP contribution is 2.26. The van der Waals surface area contributed by atoms with E-state index < -0.39 is 67.4 Å². The molecular weight excluding hydrogens is 895 g/mol. The molecule has 0 aromatic rings. The van der Waals surface area contributed by atoms with Crippen molar-refractivity contribution in [2.75, 3.05) is 13.2 Å². The van der Waals surface area contributed by atoms with Crippen LogP contribution in [0.3, 0.4) is 0 Å². The molecule has 71 heavy (non-hydrogen) atoms. The van der Waals surface area contributed by atoms with E-state index in [0.717, 1.165) is 109 Å². The normalized spacial score (nSPS) is 20.1. The smallest absolute Gasteiger partial charge is 0.306 e. The summed E-state index contributed by atoms with van der Waals surface area (Å²) in [4.78, 5) is 26.4. The average molecular weight is 1000 g/mol. The fraction of sp³-hybridized carbons (Fsp3) is 0.767. The summed E-state index contributed by atoms with van der Waals surface area (Å²) in [6, 6.07) is -1.03. The van der Waals surface area contributed by atoms with Crippen molar-refractivity contribution >= 4 is 11.9 Å². The number of hydrogen-bond acceptors (Lipinski definition) is 10. The van der Waals surface area contributed by atoms with E-state index in [1.807, 2.05) is 18.2 Å². The Morgan fingerprint density at radius 1 is 0.563 bits per heavy atom. The van der Waals surface area contributed by atoms with Gasteiger partial charge in [-0.25, -0.2) is 0 Å². The Kier molecular flexibility index (Phi) is 44.8. The van der Waals surface area contributed by atoms with Crippen LogP contribution in [0.1, 0.15) is 233 Å². The lowest BCUT2D eigenvalue weighted by atomic mass is 9.99. The first-order valence-corrected chi connectivity index (χ1v) is 28.8. The summed E-state index contributed by atoms with van der Waals surface area (Å²) >= 11 is 0. The maximum Gasteiger partial charge on any atom is 0.306 e. The molecule has 410 valence electrons. The fourth-order valence-corrected chi connectivity index (χ4v) is 8.58. The number of esters is 1. The van der Waals surface area contributed by atoms with Gasteiger partial charge in [-0.1, -0.05) is 229 Å². The molecule has 1 aliphatic rings. The lowest BCUT2D eigenvalue weighted by Crippen LogP contribution is -2.61. The van der Waals surface area contributed by atoms with E-state index in [9.17, 15) is 35.1 Å². The molecule has 0 saturated carbocycles. The molecule has 1 saturated heterocycles. The molecule has 8 atom stereocenters. The van der Waals surface area contributed by atoms with E-state index in [0.29, 0.717) is 12.8 Å². The van der Waals surface area contributed by atoms with Crippen molar-refractivity contribution in [2.45, 2.75) is 282 Å². The molecule has 1 aliphatic heterocycles. The summed E-state index contributed by atoms with van der Waals surface area (Å²) < 4.78 is 17.6. The zero-order valence-electron chi connectivity index (χ0n) is 45.1. The first kappa shape index (κ1) is 66.1. The predicted molar refractivity (Wildman–Crippen MR) is 292 cm³/mol. The monoisotopic (exact) mass is 1000 g/mol. The van der Waals surface area contributed by atoms with Crippen molar-refractivity contribution in [3.8, 4) is 0 Å². The standard InChI is InChI=1S/C60H105NO10/c1-4-7-10-13-16-19-22-25-27-30-33-36-39-42-45-48-55(65)71-58-57(67)56(66)54(49-62)70-60(58)69-50-51(52(63)46-43-40-37-34-31-28-24-21-18-15-12-9-6-3)61-59(68)53(64)47-44-41-38-35-32-29-26-23-20-17-14-11-8-5-2/h8,11,14,16-17,19-20,22-23,25,43,46,51-54,56-58,60,62-64,66-67H,4-7,9-10,12-13,15,18,21,24,26-42,44-45,47-50H2,1-3H3,(H,61,68)/b11-8+,17-14+,19-16+,23-20+,25-22+,46-43+. The first-order chi connectivity index (χ1) is 34.7. The SMILES string of the molecule is CC/C=C/C=C/C=C/CCCCCCCCC(O)C(=O)NC(COC1OC(CO)C(O)C(O)C1OC(=O)CCCCCCCC/C=C/C=C/CCCCC)C(O)/C=C/CCCCCCCCCCCCC. The lowest BCUT2D eigenvalue weighted by Gasteiger charge is -2.41. The Morgan fingerprint density at radius 3 is 1.55 bits per heavy atom. The average Bonchev–Trinajstić information content (AvgIpc) is 3.37. The van der Waals surface area contributed by atoms with Crippen molar-refractivity contribution in [2.24, 2.45) is 0 Å². The Hall–Kier alpha value is -2.90. The highest BCUT2D eigenvalue weighted by Gasteiger charge is 2.47. The summed E-state index contributed by atoms with van der Waals surface area (Å²) in [7, 11) is 0. The number of carbonyl (C=O) groups is 2. The molecule has 1 fully saturated rings. The van der Waals surface area contributed by atoms with Gasteiger partial charge in [0.25, 0.3) is 0 Å². The van der Waals surface area contributed by atoms with Gasteiger partial charge in [-0.15, -0.1) is 0 Å². The van der Waals surface area contributed by atoms with Crippen LogP contribution in [-0.2, 0) is 23.8 Å². The molecule has 0 aromatic carbocycles. The molecule has 11 heteroatoms. The molecule has 6 N–H and O–H groups in total. The largest absolute Gasteiger partial charge is 0.454 e. The highest BCUT2D eigenvalue weighted by atomic mass is 16.7. The molecular formula is C60H105NO10. The third-order valence-electron chi connectivity index (χ3n) is 13.2. The Morgan fingerprint density at radius 2 is 1.01 bits per heavy atom. The second-order valence-electron chi connectivity index (χ2n) is 19.7. The van der Waals surface area contributed by atoms with E-state index >= 15 is 0 Å². The minimum atomic E-state index is -1.62. The van der Waals surface area contributed by atoms with E-state index in [4.69, 9.17) is 14.2 Å². The third-order valence-corrected chi connectivity index (χ3v) is 13.2. The number of carbonyl (C=O) groups excluding carboxylic acids is 2. The number of rotatable bonds is 47. The fourth-order valence-electron chi connectivity index (χ4n) is 8.58. The van der Waals surface area contributed by atoms with Gasteiger partial charge in [0.1, 0.15) is 24.4 Å². The second kappa shape index (κ2) is 48.1. The maximum atomic E-state index is 13.4. The summed E-state index contributed by atoms with van der Waals surface area (Å²) in [6.07, 6.45) is 49.4. The maximum absolute atomic E-state index is 13.4. The topological polar surface area (TPSA) is 175 Å². The zero-order valence-corrected chi connectivity index (χ0v) is 45.1. The summed E-state index contributed by atoms with van der Waals surface area (Å²) in [5.41, 5.74) is 0. The second-order valence-corrected chi connectivity index (χ2v) is 19.7. The number of allylic oxidation sites excluding steroid dienone is 11. The summed E-state index contributed by atoms with van der Waals surface area (Å²) in [5, 5.41) is 56.8. The van der Waals surface area contributed by atoms with E-state index in [1.54, 1.807) is 6.08 Å². The van der Waals surface area contributed by atoms with Crippen LogP contribution >= 0.6 is 0 Å². The summed E-state index contributed by atoms with van der Waals surface area (Å²) in [6.45, 7) is 5.60. The third kappa shape index (κ3) is 36.6. The number of hydrogen-bond donors (Lipinski definition) is 6. The Bertz CT molecular complexity index is 1430. The molecule has 0 bridgehead atoms. The first-order valence-electron chi connectivity index (χ1n) is 28.8. The molecule has 11 nitrogen and oxygen atoms in total. The van der Waals surface area contributed by atoms with Gasteiger partial charge in [-0.3, -0.25) is 9.59 Å². The quantitative estimate of drug-likeness (QED) is 0.0149. The lowest BCUT2D eigenvalue weighted by molar-refractivity contribution is -0.305. The van der Waals surface area contributed by atoms with Gasteiger partial charge in [0, 0.05) is 6.42 Å². The van der Waals surface area contributed by atoms with E-state index in [-0.39, 0.29) is 19.4 Å². The molecule has 0 aromatic heterocycles. The highest BCUT2D eigenvalue weighted by molar-refractivity contribution is 5.80. The van der Waals surface area contributed by atoms with Gasteiger partial charge in [0.15, 0.2) is 12.4 Å². The van der Waals surface area contributed by atoms with Crippen LogP contribution in [0.15, 0.2) is 72.9 Å². The van der Waals surface area contributed by atoms with Crippen LogP contribution in [0.4, 0.5) is 0 Å². The van der Waals surface area contributed by atoms with Crippen LogP contribution in [0.5, 0.6) is 0 Å². The molecule has 0 radical (unpaired) electrons. The summed E-state index contributed by atoms with van der Waals surface area (Å²) in [5.74, 6) is -1.22. The van der Waals surface area contributed by atoms with Crippen LogP contribution in [-0.4, -0.2) is 99.6 Å². The van der Waals surface area contributed by atoms with Gasteiger partial charge >= 0.3 is 5.97 Å². The van der Waals surface area contributed by atoms with Crippen LogP contribution in [0.2, 0.25) is 0 Å². The number of nitrogens with one attached hydrogen (secondary N) is 1. The van der Waals surface area contributed by atoms with Crippen molar-refractivity contribution in [1.29, 1.82) is 0 Å². The van der Waals surface area contributed by atoms with Gasteiger partial charge in [0.05, 0.1) is 25.4 Å². The molecule has 1 rings (SSSR count). The Balaban J connectivity index is 2.76. The predicted octanol–water partition coefficient (Wildman–Crippen LogP) is 12.8. The number of ether oxygens (including phenoxy) is 3. The van der Waals surface area contributed by atoms with Crippen LogP contribution in [0.25, 0.3) is 0 Å². The van der Waals surface area contributed by atoms with Gasteiger partial charge in [-0.05, 0) is 70.6 Å².